The number of phosphoric ester groups is 1. The first kappa shape index (κ1) is 49.7. The van der Waals surface area contributed by atoms with E-state index in [9.17, 15) is 14.3 Å². The van der Waals surface area contributed by atoms with Gasteiger partial charge in [-0.1, -0.05) is 150 Å². The van der Waals surface area contributed by atoms with Crippen molar-refractivity contribution in [3.63, 3.8) is 0 Å². The molecule has 0 radical (unpaired) electrons. The Hall–Kier alpha value is -2.32. The first-order chi connectivity index (χ1) is 25.4. The molecule has 0 aromatic heterocycles. The second kappa shape index (κ2) is 39.9. The number of unbranched alkanes of at least 4 members (excludes halogenated alkanes) is 10. The van der Waals surface area contributed by atoms with Crippen molar-refractivity contribution < 1.29 is 32.8 Å². The molecule has 0 amide bonds. The summed E-state index contributed by atoms with van der Waals surface area (Å²) in [7, 11) is -4.28. The largest absolute Gasteiger partial charge is 0.472 e. The Balaban J connectivity index is 4.09. The maximum atomic E-state index is 12.5. The maximum absolute atomic E-state index is 12.5. The zero-order valence-electron chi connectivity index (χ0n) is 32.8. The number of carbonyl (C=O) groups excluding carboxylic acids is 1. The lowest BCUT2D eigenvalue weighted by molar-refractivity contribution is -0.154. The van der Waals surface area contributed by atoms with Crippen LogP contribution >= 0.6 is 7.82 Å². The molecule has 0 saturated heterocycles. The van der Waals surface area contributed by atoms with Gasteiger partial charge in [-0.25, -0.2) is 4.57 Å². The highest BCUT2D eigenvalue weighted by Crippen LogP contribution is 2.43. The lowest BCUT2D eigenvalue weighted by atomic mass is 10.1. The van der Waals surface area contributed by atoms with Gasteiger partial charge in [-0.15, -0.1) is 0 Å². The molecule has 0 aliphatic heterocycles. The summed E-state index contributed by atoms with van der Waals surface area (Å²) in [5.74, 6) is -0.367. The lowest BCUT2D eigenvalue weighted by Crippen LogP contribution is -2.28. The summed E-state index contributed by atoms with van der Waals surface area (Å²) in [6.07, 6.45) is 50.4. The van der Waals surface area contributed by atoms with E-state index in [0.29, 0.717) is 13.0 Å². The molecule has 0 aliphatic rings. The fourth-order valence-corrected chi connectivity index (χ4v) is 5.68. The minimum atomic E-state index is -4.28. The third kappa shape index (κ3) is 38.9. The van der Waals surface area contributed by atoms with Crippen LogP contribution in [0.2, 0.25) is 0 Å². The molecule has 0 aromatic rings. The third-order valence-electron chi connectivity index (χ3n) is 7.83. The molecular weight excluding hydrogens is 673 g/mol. The van der Waals surface area contributed by atoms with E-state index in [1.54, 1.807) is 0 Å². The molecule has 0 fully saturated rings. The molecule has 2 atom stereocenters. The Bertz CT molecular complexity index is 1060. The highest BCUT2D eigenvalue weighted by molar-refractivity contribution is 7.47. The van der Waals surface area contributed by atoms with Crippen molar-refractivity contribution in [1.29, 1.82) is 0 Å². The molecule has 9 heteroatoms. The van der Waals surface area contributed by atoms with E-state index in [-0.39, 0.29) is 38.8 Å². The van der Waals surface area contributed by atoms with Crippen molar-refractivity contribution in [1.82, 2.24) is 0 Å². The molecular formula is C43H74NO7P. The number of rotatable bonds is 37. The van der Waals surface area contributed by atoms with Crippen LogP contribution < -0.4 is 5.73 Å². The number of nitrogens with two attached hydrogens (primary N) is 1. The van der Waals surface area contributed by atoms with Crippen molar-refractivity contribution in [3.05, 3.63) is 85.1 Å². The fraction of sp³-hybridized carbons (Fsp3) is 0.651. The first-order valence-electron chi connectivity index (χ1n) is 20.1. The quantitative estimate of drug-likeness (QED) is 0.0279. The molecule has 0 spiro atoms. The second-order valence-corrected chi connectivity index (χ2v) is 14.2. The second-order valence-electron chi connectivity index (χ2n) is 12.8. The average molecular weight is 748 g/mol. The summed E-state index contributed by atoms with van der Waals surface area (Å²) < 4.78 is 33.2. The molecule has 0 rings (SSSR count). The van der Waals surface area contributed by atoms with Crippen LogP contribution in [0.25, 0.3) is 0 Å². The first-order valence-corrected chi connectivity index (χ1v) is 21.6. The molecule has 2 unspecified atom stereocenters. The van der Waals surface area contributed by atoms with E-state index in [0.717, 1.165) is 77.0 Å². The molecule has 0 bridgehead atoms. The molecule has 0 heterocycles. The number of phosphoric acid groups is 1. The van der Waals surface area contributed by atoms with Crippen LogP contribution in [0.3, 0.4) is 0 Å². The number of allylic oxidation sites excluding steroid dienone is 14. The van der Waals surface area contributed by atoms with Crippen molar-refractivity contribution >= 4 is 13.8 Å². The zero-order chi connectivity index (χ0) is 38.1. The number of esters is 1. The zero-order valence-corrected chi connectivity index (χ0v) is 33.7. The van der Waals surface area contributed by atoms with Crippen molar-refractivity contribution in [3.8, 4) is 0 Å². The summed E-state index contributed by atoms with van der Waals surface area (Å²) >= 11 is 0. The molecule has 0 aromatic carbocycles. The number of carbonyl (C=O) groups is 1. The van der Waals surface area contributed by atoms with Gasteiger partial charge in [0.15, 0.2) is 0 Å². The van der Waals surface area contributed by atoms with Gasteiger partial charge in [0.05, 0.1) is 19.8 Å². The average Bonchev–Trinajstić information content (AvgIpc) is 3.13. The fourth-order valence-electron chi connectivity index (χ4n) is 4.92. The van der Waals surface area contributed by atoms with Gasteiger partial charge < -0.3 is 20.1 Å². The Morgan fingerprint density at radius 1 is 0.596 bits per heavy atom. The Kier molecular flexibility index (Phi) is 38.1. The maximum Gasteiger partial charge on any atom is 0.472 e. The third-order valence-corrected chi connectivity index (χ3v) is 8.81. The van der Waals surface area contributed by atoms with Gasteiger partial charge in [0.1, 0.15) is 6.10 Å². The molecule has 0 saturated carbocycles. The molecule has 52 heavy (non-hydrogen) atoms. The van der Waals surface area contributed by atoms with Crippen molar-refractivity contribution in [2.75, 3.05) is 33.0 Å². The highest BCUT2D eigenvalue weighted by Gasteiger charge is 2.25. The van der Waals surface area contributed by atoms with Gasteiger partial charge in [-0.05, 0) is 70.6 Å². The lowest BCUT2D eigenvalue weighted by Gasteiger charge is -2.20. The Morgan fingerprint density at radius 2 is 1.08 bits per heavy atom. The molecule has 3 N–H and O–H groups in total. The summed E-state index contributed by atoms with van der Waals surface area (Å²) in [6, 6.07) is 0. The minimum absolute atomic E-state index is 0.0906. The molecule has 8 nitrogen and oxygen atoms in total. The monoisotopic (exact) mass is 748 g/mol. The van der Waals surface area contributed by atoms with Crippen molar-refractivity contribution in [2.45, 2.75) is 148 Å². The van der Waals surface area contributed by atoms with E-state index in [2.05, 4.69) is 98.9 Å². The summed E-state index contributed by atoms with van der Waals surface area (Å²) in [5.41, 5.74) is 5.34. The molecule has 298 valence electrons. The Morgan fingerprint density at radius 3 is 1.60 bits per heavy atom. The van der Waals surface area contributed by atoms with Crippen LogP contribution in [0.5, 0.6) is 0 Å². The number of ether oxygens (including phenoxy) is 2. The van der Waals surface area contributed by atoms with E-state index < -0.39 is 13.9 Å². The van der Waals surface area contributed by atoms with Crippen molar-refractivity contribution in [2.24, 2.45) is 5.73 Å². The topological polar surface area (TPSA) is 117 Å². The minimum Gasteiger partial charge on any atom is -0.457 e. The van der Waals surface area contributed by atoms with Gasteiger partial charge in [-0.2, -0.15) is 0 Å². The Labute approximate surface area is 318 Å². The smallest absolute Gasteiger partial charge is 0.457 e. The highest BCUT2D eigenvalue weighted by atomic mass is 31.2. The SMILES string of the molecule is CC/C=C\C/C=C\C/C=C\C/C=C\C/C=C\C/C=C\C/C=C\CCCCCC(=O)OC(COCCCCCCCCCC)COP(=O)(O)OCCN. The van der Waals surface area contributed by atoms with Gasteiger partial charge in [0.25, 0.3) is 0 Å². The standard InChI is InChI=1S/C43H74NO7P/c1-3-5-7-9-11-13-14-15-16-17-18-19-20-21-22-23-24-25-26-27-28-29-30-32-34-36-43(45)51-42(41-50-52(46,47)49-39-37-44)40-48-38-35-33-31-12-10-8-6-4-2/h5,7,11,13,15-16,18-19,21-22,24-25,27-28,42H,3-4,6,8-10,12,14,17,20,23,26,29-41,44H2,1-2H3,(H,46,47)/b7-5-,13-11-,16-15-,19-18-,22-21-,25-24-,28-27-. The van der Waals surface area contributed by atoms with Gasteiger partial charge in [-0.3, -0.25) is 13.8 Å². The van der Waals surface area contributed by atoms with E-state index in [1.807, 2.05) is 0 Å². The van der Waals surface area contributed by atoms with Crippen LogP contribution in [-0.2, 0) is 27.9 Å². The van der Waals surface area contributed by atoms with Crippen LogP contribution in [0, 0.1) is 0 Å². The normalized spacial score (nSPS) is 14.5. The van der Waals surface area contributed by atoms with Crippen LogP contribution in [-0.4, -0.2) is 49.9 Å². The van der Waals surface area contributed by atoms with E-state index in [4.69, 9.17) is 24.3 Å². The summed E-state index contributed by atoms with van der Waals surface area (Å²) in [4.78, 5) is 22.4. The number of hydrogen-bond acceptors (Lipinski definition) is 7. The van der Waals surface area contributed by atoms with Gasteiger partial charge in [0, 0.05) is 19.6 Å². The van der Waals surface area contributed by atoms with E-state index in [1.165, 1.54) is 38.5 Å². The molecule has 0 aliphatic carbocycles. The van der Waals surface area contributed by atoms with Gasteiger partial charge >= 0.3 is 13.8 Å². The van der Waals surface area contributed by atoms with Gasteiger partial charge in [0.2, 0.25) is 0 Å². The predicted octanol–water partition coefficient (Wildman–Crippen LogP) is 11.7. The predicted molar refractivity (Wildman–Crippen MR) is 219 cm³/mol. The summed E-state index contributed by atoms with van der Waals surface area (Å²) in [6.45, 7) is 4.70. The van der Waals surface area contributed by atoms with Crippen LogP contribution in [0.4, 0.5) is 0 Å². The number of hydrogen-bond donors (Lipinski definition) is 2. The van der Waals surface area contributed by atoms with E-state index >= 15 is 0 Å². The van der Waals surface area contributed by atoms with Crippen LogP contribution in [0.1, 0.15) is 142 Å². The van der Waals surface area contributed by atoms with Crippen LogP contribution in [0.15, 0.2) is 85.1 Å². The summed E-state index contributed by atoms with van der Waals surface area (Å²) in [5, 5.41) is 0.